The van der Waals surface area contributed by atoms with Gasteiger partial charge in [0.25, 0.3) is 0 Å². The van der Waals surface area contributed by atoms with Gasteiger partial charge in [-0.1, -0.05) is 281 Å². The van der Waals surface area contributed by atoms with Gasteiger partial charge in [-0.2, -0.15) is 0 Å². The zero-order chi connectivity index (χ0) is 52.7. The van der Waals surface area contributed by atoms with Crippen molar-refractivity contribution in [1.82, 2.24) is 5.32 Å². The zero-order valence-electron chi connectivity index (χ0n) is 48.4. The van der Waals surface area contributed by atoms with Crippen LogP contribution in [0.1, 0.15) is 296 Å². The molecule has 3 unspecified atom stereocenters. The predicted octanol–water partition coefficient (Wildman–Crippen LogP) is 19.1. The number of hydrogen-bond acceptors (Lipinski definition) is 5. The monoisotopic (exact) mass is 1030 g/mol. The number of likely N-dealkylation sites (N-methyl/N-ethyl adjacent to an activating group) is 1. The van der Waals surface area contributed by atoms with Crippen LogP contribution in [0.3, 0.4) is 0 Å². The number of nitrogens with one attached hydrogen (secondary N) is 1. The highest BCUT2D eigenvalue weighted by Gasteiger charge is 2.27. The molecule has 0 bridgehead atoms. The van der Waals surface area contributed by atoms with E-state index in [-0.39, 0.29) is 19.1 Å². The molecular weight excluding hydrogens is 912 g/mol. The van der Waals surface area contributed by atoms with Crippen molar-refractivity contribution >= 4 is 13.7 Å². The molecule has 0 fully saturated rings. The van der Waals surface area contributed by atoms with Gasteiger partial charge in [-0.3, -0.25) is 13.8 Å². The third-order valence-corrected chi connectivity index (χ3v) is 15.0. The molecule has 0 aromatic carbocycles. The highest BCUT2D eigenvalue weighted by molar-refractivity contribution is 7.47. The Balaban J connectivity index is 3.92. The summed E-state index contributed by atoms with van der Waals surface area (Å²) in [4.78, 5) is 23.3. The summed E-state index contributed by atoms with van der Waals surface area (Å²) in [6.07, 6.45) is 72.4. The molecule has 0 spiro atoms. The Labute approximate surface area is 448 Å². The zero-order valence-corrected chi connectivity index (χ0v) is 49.3. The number of rotatable bonds is 57. The van der Waals surface area contributed by atoms with E-state index in [1.807, 2.05) is 27.2 Å². The first-order valence-electron chi connectivity index (χ1n) is 31.0. The van der Waals surface area contributed by atoms with Crippen LogP contribution in [0.15, 0.2) is 48.6 Å². The Hall–Kier alpha value is -1.54. The van der Waals surface area contributed by atoms with Crippen LogP contribution in [0.4, 0.5) is 0 Å². The normalized spacial score (nSPS) is 14.2. The van der Waals surface area contributed by atoms with E-state index in [2.05, 4.69) is 55.6 Å². The third-order valence-electron chi connectivity index (χ3n) is 14.0. The molecule has 0 aromatic rings. The van der Waals surface area contributed by atoms with Crippen molar-refractivity contribution in [1.29, 1.82) is 0 Å². The Morgan fingerprint density at radius 3 is 1.15 bits per heavy atom. The lowest BCUT2D eigenvalue weighted by Gasteiger charge is -2.25. The number of carbonyl (C=O) groups is 1. The van der Waals surface area contributed by atoms with Crippen LogP contribution < -0.4 is 5.32 Å². The number of aliphatic hydroxyl groups excluding tert-OH is 1. The fraction of sp³-hybridized carbons (Fsp3) is 0.857. The number of phosphoric acid groups is 1. The second-order valence-corrected chi connectivity index (χ2v) is 23.9. The number of quaternary nitrogens is 1. The van der Waals surface area contributed by atoms with Crippen LogP contribution in [0, 0.1) is 0 Å². The van der Waals surface area contributed by atoms with Crippen molar-refractivity contribution in [3.63, 3.8) is 0 Å². The van der Waals surface area contributed by atoms with Gasteiger partial charge >= 0.3 is 7.82 Å². The van der Waals surface area contributed by atoms with Gasteiger partial charge in [-0.15, -0.1) is 0 Å². The van der Waals surface area contributed by atoms with Crippen molar-refractivity contribution in [2.45, 2.75) is 309 Å². The molecule has 72 heavy (non-hydrogen) atoms. The van der Waals surface area contributed by atoms with E-state index < -0.39 is 20.0 Å². The molecule has 8 nitrogen and oxygen atoms in total. The maximum Gasteiger partial charge on any atom is 0.472 e. The molecule has 0 aromatic heterocycles. The fourth-order valence-corrected chi connectivity index (χ4v) is 9.91. The molecule has 0 saturated heterocycles. The molecule has 424 valence electrons. The number of carbonyl (C=O) groups excluding carboxylic acids is 1. The maximum atomic E-state index is 13.0. The SMILES string of the molecule is CCCCCCC/C=C\C/C=C\C/C=C\CCCCCCCCCCCCCCCCCCCCCCCCC(=O)NC(COP(=O)(O)OCC[N+](C)(C)C)C(O)/C=C/CCCCCCCCCCCCC. The number of allylic oxidation sites excluding steroid dienone is 7. The van der Waals surface area contributed by atoms with Crippen molar-refractivity contribution in [3.05, 3.63) is 48.6 Å². The molecule has 0 radical (unpaired) electrons. The standard InChI is InChI=1S/C63H121N2O6P/c1-6-8-10-12-14-16-18-20-21-22-23-24-25-26-27-28-29-30-31-32-33-34-35-36-37-38-39-40-41-42-43-45-47-49-51-53-55-57-63(67)64-61(60-71-72(68,69)70-59-58-65(3,4)5)62(66)56-54-52-50-48-46-44-19-17-15-13-11-9-7-2/h18,20,22-23,25-26,54,56,61-62,66H,6-17,19,21,24,27-53,55,57-60H2,1-5H3,(H-,64,67,68,69)/p+1/b20-18-,23-22-,26-25-,56-54+. The van der Waals surface area contributed by atoms with Crippen LogP contribution in [-0.2, 0) is 18.4 Å². The van der Waals surface area contributed by atoms with E-state index in [1.54, 1.807) is 6.08 Å². The number of unbranched alkanes of at least 4 members (excludes halogenated alkanes) is 38. The first kappa shape index (κ1) is 70.5. The minimum atomic E-state index is -4.34. The van der Waals surface area contributed by atoms with Gasteiger partial charge in [0.2, 0.25) is 5.91 Å². The number of amides is 1. The highest BCUT2D eigenvalue weighted by atomic mass is 31.2. The minimum absolute atomic E-state index is 0.0627. The number of hydrogen-bond donors (Lipinski definition) is 3. The Morgan fingerprint density at radius 1 is 0.472 bits per heavy atom. The van der Waals surface area contributed by atoms with Crippen molar-refractivity contribution < 1.29 is 32.9 Å². The second kappa shape index (κ2) is 54.3. The summed E-state index contributed by atoms with van der Waals surface area (Å²) < 4.78 is 23.7. The van der Waals surface area contributed by atoms with Crippen molar-refractivity contribution in [3.8, 4) is 0 Å². The lowest BCUT2D eigenvalue weighted by Crippen LogP contribution is -2.45. The summed E-state index contributed by atoms with van der Waals surface area (Å²) >= 11 is 0. The van der Waals surface area contributed by atoms with E-state index in [9.17, 15) is 19.4 Å². The molecule has 3 atom stereocenters. The lowest BCUT2D eigenvalue weighted by molar-refractivity contribution is -0.870. The van der Waals surface area contributed by atoms with Gasteiger partial charge in [0.1, 0.15) is 13.2 Å². The quantitative estimate of drug-likeness (QED) is 0.0243. The van der Waals surface area contributed by atoms with E-state index >= 15 is 0 Å². The topological polar surface area (TPSA) is 105 Å². The molecule has 1 amide bonds. The van der Waals surface area contributed by atoms with Crippen LogP contribution in [0.2, 0.25) is 0 Å². The number of phosphoric ester groups is 1. The van der Waals surface area contributed by atoms with Gasteiger partial charge in [-0.25, -0.2) is 4.57 Å². The summed E-state index contributed by atoms with van der Waals surface area (Å²) in [6, 6.07) is -0.844. The summed E-state index contributed by atoms with van der Waals surface area (Å²) in [7, 11) is 1.58. The summed E-state index contributed by atoms with van der Waals surface area (Å²) in [5.41, 5.74) is 0. The third kappa shape index (κ3) is 56.2. The second-order valence-electron chi connectivity index (χ2n) is 22.4. The molecule has 0 heterocycles. The van der Waals surface area contributed by atoms with Gasteiger partial charge in [0, 0.05) is 6.42 Å². The van der Waals surface area contributed by atoms with Crippen LogP contribution in [-0.4, -0.2) is 73.4 Å². The Kier molecular flexibility index (Phi) is 53.1. The van der Waals surface area contributed by atoms with E-state index in [0.717, 1.165) is 51.4 Å². The predicted molar refractivity (Wildman–Crippen MR) is 314 cm³/mol. The smallest absolute Gasteiger partial charge is 0.387 e. The summed E-state index contributed by atoms with van der Waals surface area (Å²) in [5, 5.41) is 13.9. The molecule has 0 rings (SSSR count). The molecule has 0 aliphatic heterocycles. The molecule has 0 aliphatic carbocycles. The van der Waals surface area contributed by atoms with Gasteiger partial charge in [-0.05, 0) is 57.8 Å². The molecule has 0 saturated carbocycles. The van der Waals surface area contributed by atoms with Gasteiger partial charge in [0.15, 0.2) is 0 Å². The fourth-order valence-electron chi connectivity index (χ4n) is 9.17. The van der Waals surface area contributed by atoms with E-state index in [4.69, 9.17) is 9.05 Å². The number of nitrogens with zero attached hydrogens (tertiary/aromatic N) is 1. The highest BCUT2D eigenvalue weighted by Crippen LogP contribution is 2.43. The Morgan fingerprint density at radius 2 is 0.792 bits per heavy atom. The first-order chi connectivity index (χ1) is 35.0. The average Bonchev–Trinajstić information content (AvgIpc) is 3.34. The first-order valence-corrected chi connectivity index (χ1v) is 32.5. The van der Waals surface area contributed by atoms with Crippen molar-refractivity contribution in [2.24, 2.45) is 0 Å². The van der Waals surface area contributed by atoms with E-state index in [0.29, 0.717) is 17.4 Å². The lowest BCUT2D eigenvalue weighted by atomic mass is 10.0. The number of aliphatic hydroxyl groups is 1. The minimum Gasteiger partial charge on any atom is -0.387 e. The summed E-state index contributed by atoms with van der Waals surface area (Å²) in [5.74, 6) is -0.173. The molecular formula is C63H122N2O6P+. The van der Waals surface area contributed by atoms with Gasteiger partial charge in [0.05, 0.1) is 39.9 Å². The maximum absolute atomic E-state index is 13.0. The van der Waals surface area contributed by atoms with Crippen LogP contribution in [0.25, 0.3) is 0 Å². The van der Waals surface area contributed by atoms with Crippen LogP contribution in [0.5, 0.6) is 0 Å². The molecule has 0 aliphatic rings. The summed E-state index contributed by atoms with van der Waals surface area (Å²) in [6.45, 7) is 4.82. The average molecular weight is 1030 g/mol. The van der Waals surface area contributed by atoms with Crippen molar-refractivity contribution in [2.75, 3.05) is 40.9 Å². The van der Waals surface area contributed by atoms with E-state index in [1.165, 1.54) is 225 Å². The molecule has 9 heteroatoms. The Bertz CT molecular complexity index is 1310. The molecule has 3 N–H and O–H groups in total. The van der Waals surface area contributed by atoms with Crippen LogP contribution >= 0.6 is 7.82 Å². The largest absolute Gasteiger partial charge is 0.472 e. The van der Waals surface area contributed by atoms with Gasteiger partial charge < -0.3 is 19.8 Å².